The summed E-state index contributed by atoms with van der Waals surface area (Å²) in [5.74, 6) is -1.24. The number of nitrogens with one attached hydrogen (secondary N) is 1. The van der Waals surface area contributed by atoms with E-state index in [0.717, 1.165) is 0 Å². The maximum absolute atomic E-state index is 10.8. The number of hydrogen-bond acceptors (Lipinski definition) is 8. The lowest BCUT2D eigenvalue weighted by molar-refractivity contribution is -0.238. The highest BCUT2D eigenvalue weighted by Gasteiger charge is 2.44. The van der Waals surface area contributed by atoms with Gasteiger partial charge in [0.1, 0.15) is 36.7 Å². The number of aliphatic hydroxyl groups excluding tert-OH is 4. The molecule has 1 aliphatic rings. The summed E-state index contributed by atoms with van der Waals surface area (Å²) in [6, 6.07) is -1.09. The molecule has 1 rings (SSSR count). The number of ether oxygens (including phenoxy) is 1. The van der Waals surface area contributed by atoms with Crippen LogP contribution < -0.4 is 5.32 Å². The fourth-order valence-electron chi connectivity index (χ4n) is 1.64. The zero-order valence-corrected chi connectivity index (χ0v) is 10.3. The molecule has 0 aliphatic carbocycles. The maximum Gasteiger partial charge on any atom is 0.321 e. The minimum absolute atomic E-state index is 0.0512. The quantitative estimate of drug-likeness (QED) is 0.261. The molecular formula is C9H17NO7S. The third kappa shape index (κ3) is 3.32. The van der Waals surface area contributed by atoms with Gasteiger partial charge in [0.25, 0.3) is 0 Å². The summed E-state index contributed by atoms with van der Waals surface area (Å²) in [6.45, 7) is -0.568. The minimum atomic E-state index is -1.54. The molecule has 0 bridgehead atoms. The van der Waals surface area contributed by atoms with Crippen LogP contribution in [-0.2, 0) is 9.53 Å². The highest BCUT2D eigenvalue weighted by molar-refractivity contribution is 7.80. The van der Waals surface area contributed by atoms with Crippen molar-refractivity contribution in [3.63, 3.8) is 0 Å². The zero-order valence-electron chi connectivity index (χ0n) is 9.38. The topological polar surface area (TPSA) is 139 Å². The Morgan fingerprint density at radius 3 is 2.33 bits per heavy atom. The molecule has 6 atom stereocenters. The van der Waals surface area contributed by atoms with E-state index in [1.54, 1.807) is 0 Å². The van der Waals surface area contributed by atoms with Crippen LogP contribution in [0, 0.1) is 0 Å². The zero-order chi connectivity index (χ0) is 13.9. The first kappa shape index (κ1) is 15.6. The molecule has 1 heterocycles. The molecule has 0 saturated carbocycles. The molecule has 0 aromatic carbocycles. The van der Waals surface area contributed by atoms with Crippen molar-refractivity contribution in [2.45, 2.75) is 36.7 Å². The third-order valence-corrected chi connectivity index (χ3v) is 3.10. The van der Waals surface area contributed by atoms with E-state index < -0.39 is 49.3 Å². The first-order valence-corrected chi connectivity index (χ1v) is 5.95. The second-order valence-electron chi connectivity index (χ2n) is 3.99. The molecule has 106 valence electrons. The number of aliphatic carboxylic acids is 1. The van der Waals surface area contributed by atoms with Crippen molar-refractivity contribution in [3.05, 3.63) is 0 Å². The molecule has 0 spiro atoms. The van der Waals surface area contributed by atoms with Crippen LogP contribution >= 0.6 is 12.6 Å². The van der Waals surface area contributed by atoms with E-state index in [-0.39, 0.29) is 5.75 Å². The van der Waals surface area contributed by atoms with Gasteiger partial charge in [0, 0.05) is 5.75 Å². The van der Waals surface area contributed by atoms with Crippen molar-refractivity contribution in [1.29, 1.82) is 0 Å². The number of aliphatic hydroxyl groups is 4. The molecule has 0 amide bonds. The SMILES string of the molecule is O=C(O)[C@H](CS)N[C@@H]1O[C@H](CO)[C@@H](O)[C@H](O)[C@H]1O. The number of thiol groups is 1. The van der Waals surface area contributed by atoms with Gasteiger partial charge in [-0.05, 0) is 0 Å². The average molecular weight is 283 g/mol. The van der Waals surface area contributed by atoms with Gasteiger partial charge in [0.05, 0.1) is 6.61 Å². The van der Waals surface area contributed by atoms with Gasteiger partial charge >= 0.3 is 5.97 Å². The maximum atomic E-state index is 10.8. The van der Waals surface area contributed by atoms with Gasteiger partial charge in [-0.15, -0.1) is 0 Å². The van der Waals surface area contributed by atoms with E-state index >= 15 is 0 Å². The van der Waals surface area contributed by atoms with Gasteiger partial charge in [-0.3, -0.25) is 10.1 Å². The lowest BCUT2D eigenvalue weighted by Crippen LogP contribution is -2.64. The first-order chi connectivity index (χ1) is 8.42. The molecule has 0 aromatic rings. The van der Waals surface area contributed by atoms with Gasteiger partial charge in [-0.2, -0.15) is 12.6 Å². The Bertz CT molecular complexity index is 290. The number of rotatable bonds is 5. The number of carboxylic acid groups (broad SMARTS) is 1. The van der Waals surface area contributed by atoms with E-state index in [0.29, 0.717) is 0 Å². The summed E-state index contributed by atoms with van der Waals surface area (Å²) in [6.07, 6.45) is -6.81. The second kappa shape index (κ2) is 6.66. The normalized spacial score (nSPS) is 38.4. The monoisotopic (exact) mass is 283 g/mol. The summed E-state index contributed by atoms with van der Waals surface area (Å²) in [7, 11) is 0. The Balaban J connectivity index is 2.72. The second-order valence-corrected chi connectivity index (χ2v) is 4.35. The molecular weight excluding hydrogens is 266 g/mol. The number of carbonyl (C=O) groups is 1. The molecule has 1 aliphatic heterocycles. The Morgan fingerprint density at radius 1 is 1.28 bits per heavy atom. The van der Waals surface area contributed by atoms with Crippen LogP contribution in [0.5, 0.6) is 0 Å². The lowest BCUT2D eigenvalue weighted by atomic mass is 9.98. The van der Waals surface area contributed by atoms with Gasteiger partial charge < -0.3 is 30.3 Å². The van der Waals surface area contributed by atoms with Gasteiger partial charge in [-0.25, -0.2) is 0 Å². The smallest absolute Gasteiger partial charge is 0.321 e. The van der Waals surface area contributed by atoms with Crippen LogP contribution in [0.15, 0.2) is 0 Å². The van der Waals surface area contributed by atoms with E-state index in [1.165, 1.54) is 0 Å². The molecule has 8 nitrogen and oxygen atoms in total. The number of hydrogen-bond donors (Lipinski definition) is 7. The van der Waals surface area contributed by atoms with E-state index in [2.05, 4.69) is 17.9 Å². The summed E-state index contributed by atoms with van der Waals surface area (Å²) in [4.78, 5) is 10.8. The Labute approximate surface area is 109 Å². The summed E-state index contributed by atoms with van der Waals surface area (Å²) < 4.78 is 5.09. The fourth-order valence-corrected chi connectivity index (χ4v) is 1.90. The fraction of sp³-hybridized carbons (Fsp3) is 0.889. The lowest BCUT2D eigenvalue weighted by Gasteiger charge is -2.41. The number of carboxylic acids is 1. The Morgan fingerprint density at radius 2 is 1.89 bits per heavy atom. The predicted molar refractivity (Wildman–Crippen MR) is 62.2 cm³/mol. The Kier molecular flexibility index (Phi) is 5.79. The molecule has 9 heteroatoms. The summed E-state index contributed by atoms with van der Waals surface area (Å²) in [5.41, 5.74) is 0. The van der Waals surface area contributed by atoms with Crippen LogP contribution in [-0.4, -0.2) is 80.5 Å². The Hall–Kier alpha value is -0.420. The minimum Gasteiger partial charge on any atom is -0.480 e. The predicted octanol–water partition coefficient (Wildman–Crippen LogP) is -3.24. The van der Waals surface area contributed by atoms with E-state index in [9.17, 15) is 20.1 Å². The molecule has 0 aromatic heterocycles. The van der Waals surface area contributed by atoms with Gasteiger partial charge in [0.2, 0.25) is 0 Å². The van der Waals surface area contributed by atoms with E-state index in [4.69, 9.17) is 14.9 Å². The molecule has 1 saturated heterocycles. The molecule has 1 fully saturated rings. The van der Waals surface area contributed by atoms with E-state index in [1.807, 2.05) is 0 Å². The van der Waals surface area contributed by atoms with Gasteiger partial charge in [0.15, 0.2) is 0 Å². The standard InChI is InChI=1S/C9H17NO7S/c11-1-4-5(12)6(13)7(14)8(17-4)10-3(2-18)9(15)16/h3-8,10-14,18H,1-2H2,(H,15,16)/t3-,4+,5+,6-,7+,8+/m0/s1. The van der Waals surface area contributed by atoms with Crippen molar-refractivity contribution >= 4 is 18.6 Å². The highest BCUT2D eigenvalue weighted by atomic mass is 32.1. The van der Waals surface area contributed by atoms with Crippen molar-refractivity contribution in [2.75, 3.05) is 12.4 Å². The molecule has 6 N–H and O–H groups in total. The van der Waals surface area contributed by atoms with Crippen LogP contribution in [0.3, 0.4) is 0 Å². The van der Waals surface area contributed by atoms with Crippen LogP contribution in [0.1, 0.15) is 0 Å². The average Bonchev–Trinajstić information content (AvgIpc) is 2.35. The van der Waals surface area contributed by atoms with Crippen molar-refractivity contribution in [3.8, 4) is 0 Å². The molecule has 0 unspecified atom stereocenters. The van der Waals surface area contributed by atoms with Crippen LogP contribution in [0.2, 0.25) is 0 Å². The summed E-state index contributed by atoms with van der Waals surface area (Å²) >= 11 is 3.83. The van der Waals surface area contributed by atoms with Crippen molar-refractivity contribution in [2.24, 2.45) is 0 Å². The molecule has 0 radical (unpaired) electrons. The van der Waals surface area contributed by atoms with Crippen molar-refractivity contribution in [1.82, 2.24) is 5.32 Å². The summed E-state index contributed by atoms with van der Waals surface area (Å²) in [5, 5.41) is 48.9. The third-order valence-electron chi connectivity index (χ3n) is 2.74. The first-order valence-electron chi connectivity index (χ1n) is 5.32. The van der Waals surface area contributed by atoms with Gasteiger partial charge in [-0.1, -0.05) is 0 Å². The van der Waals surface area contributed by atoms with Crippen LogP contribution in [0.25, 0.3) is 0 Å². The highest BCUT2D eigenvalue weighted by Crippen LogP contribution is 2.20. The largest absolute Gasteiger partial charge is 0.480 e. The van der Waals surface area contributed by atoms with Crippen molar-refractivity contribution < 1.29 is 35.1 Å². The molecule has 18 heavy (non-hydrogen) atoms. The van der Waals surface area contributed by atoms with Crippen LogP contribution in [0.4, 0.5) is 0 Å².